The fraction of sp³-hybridized carbons (Fsp3) is 0.562. The van der Waals surface area contributed by atoms with Crippen LogP contribution in [0.4, 0.5) is 0 Å². The second-order valence-corrected chi connectivity index (χ2v) is 8.03. The fourth-order valence-corrected chi connectivity index (χ4v) is 4.65. The molecule has 24 heavy (non-hydrogen) atoms. The number of nitrogens with zero attached hydrogens (tertiary/aromatic N) is 1. The van der Waals surface area contributed by atoms with Crippen molar-refractivity contribution in [2.75, 3.05) is 33.4 Å². The zero-order valence-corrected chi connectivity index (χ0v) is 15.3. The van der Waals surface area contributed by atoms with Crippen molar-refractivity contribution in [2.45, 2.75) is 30.6 Å². The Kier molecular flexibility index (Phi) is 7.03. The summed E-state index contributed by atoms with van der Waals surface area (Å²) >= 11 is 6.11. The molecule has 1 aromatic carbocycles. The molecule has 0 saturated carbocycles. The van der Waals surface area contributed by atoms with Crippen LogP contribution in [0, 0.1) is 0 Å². The van der Waals surface area contributed by atoms with Crippen LogP contribution < -0.4 is 5.32 Å². The number of methoxy groups -OCH3 is 1. The lowest BCUT2D eigenvalue weighted by molar-refractivity contribution is 0.0937. The molecule has 2 rings (SSSR count). The molecule has 1 saturated heterocycles. The molecule has 134 valence electrons. The van der Waals surface area contributed by atoms with Crippen LogP contribution in [0.1, 0.15) is 36.0 Å². The number of hydrogen-bond acceptors (Lipinski definition) is 4. The minimum Gasteiger partial charge on any atom is -0.383 e. The van der Waals surface area contributed by atoms with Gasteiger partial charge in [-0.1, -0.05) is 24.4 Å². The Morgan fingerprint density at radius 3 is 2.54 bits per heavy atom. The average Bonchev–Trinajstić information content (AvgIpc) is 2.85. The summed E-state index contributed by atoms with van der Waals surface area (Å²) in [5.41, 5.74) is 0.267. The van der Waals surface area contributed by atoms with Crippen molar-refractivity contribution in [1.29, 1.82) is 0 Å². The lowest BCUT2D eigenvalue weighted by atomic mass is 10.2. The molecule has 1 aliphatic rings. The van der Waals surface area contributed by atoms with Gasteiger partial charge < -0.3 is 10.1 Å². The van der Waals surface area contributed by atoms with E-state index in [2.05, 4.69) is 5.32 Å². The number of benzene rings is 1. The second-order valence-electron chi connectivity index (χ2n) is 5.71. The van der Waals surface area contributed by atoms with Gasteiger partial charge >= 0.3 is 0 Å². The van der Waals surface area contributed by atoms with Gasteiger partial charge in [-0.15, -0.1) is 0 Å². The van der Waals surface area contributed by atoms with Crippen molar-refractivity contribution in [3.8, 4) is 0 Å². The van der Waals surface area contributed by atoms with E-state index in [0.29, 0.717) is 26.2 Å². The first kappa shape index (κ1) is 19.2. The van der Waals surface area contributed by atoms with Crippen molar-refractivity contribution < 1.29 is 17.9 Å². The summed E-state index contributed by atoms with van der Waals surface area (Å²) in [6.07, 6.45) is 3.74. The van der Waals surface area contributed by atoms with Crippen molar-refractivity contribution in [2.24, 2.45) is 0 Å². The van der Waals surface area contributed by atoms with Gasteiger partial charge in [0.15, 0.2) is 0 Å². The van der Waals surface area contributed by atoms with E-state index in [1.165, 1.54) is 22.5 Å². The smallest absolute Gasteiger partial charge is 0.251 e. The third-order valence-corrected chi connectivity index (χ3v) is 6.35. The third kappa shape index (κ3) is 4.69. The highest BCUT2D eigenvalue weighted by atomic mass is 35.5. The molecule has 1 amide bonds. The summed E-state index contributed by atoms with van der Waals surface area (Å²) < 4.78 is 32.1. The quantitative estimate of drug-likeness (QED) is 0.775. The van der Waals surface area contributed by atoms with Gasteiger partial charge in [-0.2, -0.15) is 4.31 Å². The topological polar surface area (TPSA) is 75.7 Å². The number of carbonyl (C=O) groups excluding carboxylic acids is 1. The molecule has 0 radical (unpaired) electrons. The Labute approximate surface area is 148 Å². The van der Waals surface area contributed by atoms with Crippen molar-refractivity contribution in [1.82, 2.24) is 9.62 Å². The van der Waals surface area contributed by atoms with Crippen molar-refractivity contribution in [3.05, 3.63) is 28.8 Å². The fourth-order valence-electron chi connectivity index (χ4n) is 2.63. The number of halogens is 1. The Balaban J connectivity index is 2.25. The summed E-state index contributed by atoms with van der Waals surface area (Å²) in [5, 5.41) is 2.80. The van der Waals surface area contributed by atoms with Crippen molar-refractivity contribution in [3.63, 3.8) is 0 Å². The highest BCUT2D eigenvalue weighted by Gasteiger charge is 2.28. The molecule has 8 heteroatoms. The average molecular weight is 375 g/mol. The van der Waals surface area contributed by atoms with Crippen LogP contribution >= 0.6 is 11.6 Å². The molecule has 6 nitrogen and oxygen atoms in total. The van der Waals surface area contributed by atoms with Crippen LogP contribution in [-0.4, -0.2) is 52.0 Å². The van der Waals surface area contributed by atoms with Gasteiger partial charge in [-0.3, -0.25) is 4.79 Å². The normalized spacial score (nSPS) is 16.6. The number of hydrogen-bond donors (Lipinski definition) is 1. The van der Waals surface area contributed by atoms with E-state index >= 15 is 0 Å². The van der Waals surface area contributed by atoms with Crippen LogP contribution in [-0.2, 0) is 14.8 Å². The molecular formula is C16H23ClN2O4S. The first-order valence-electron chi connectivity index (χ1n) is 8.03. The predicted octanol–water partition coefficient (Wildman–Crippen LogP) is 2.28. The molecule has 1 N–H and O–H groups in total. The Bertz CT molecular complexity index is 671. The van der Waals surface area contributed by atoms with Gasteiger partial charge in [-0.25, -0.2) is 8.42 Å². The molecule has 1 aliphatic heterocycles. The molecule has 0 spiro atoms. The van der Waals surface area contributed by atoms with E-state index < -0.39 is 10.0 Å². The first-order valence-corrected chi connectivity index (χ1v) is 9.85. The number of ether oxygens (including phenoxy) is 1. The minimum atomic E-state index is -3.70. The molecule has 0 aromatic heterocycles. The molecular weight excluding hydrogens is 352 g/mol. The molecule has 1 aromatic rings. The summed E-state index contributed by atoms with van der Waals surface area (Å²) in [6.45, 7) is 1.72. The standard InChI is InChI=1S/C16H23ClN2O4S/c1-23-11-8-18-16(20)13-6-7-14(17)15(12-13)24(21,22)19-9-4-2-3-5-10-19/h6-7,12H,2-5,8-11H2,1H3,(H,18,20). The zero-order valence-electron chi connectivity index (χ0n) is 13.8. The van der Waals surface area contributed by atoms with Gasteiger partial charge in [0.2, 0.25) is 10.0 Å². The SMILES string of the molecule is COCCNC(=O)c1ccc(Cl)c(S(=O)(=O)N2CCCCCC2)c1. The lowest BCUT2D eigenvalue weighted by Crippen LogP contribution is -2.32. The van der Waals surface area contributed by atoms with Gasteiger partial charge in [0, 0.05) is 32.3 Å². The maximum atomic E-state index is 12.9. The summed E-state index contributed by atoms with van der Waals surface area (Å²) in [5.74, 6) is -0.351. The highest BCUT2D eigenvalue weighted by molar-refractivity contribution is 7.89. The molecule has 0 aliphatic carbocycles. The van der Waals surface area contributed by atoms with Crippen LogP contribution in [0.3, 0.4) is 0 Å². The Morgan fingerprint density at radius 2 is 1.92 bits per heavy atom. The van der Waals surface area contributed by atoms with Gasteiger partial charge in [0.25, 0.3) is 5.91 Å². The van der Waals surface area contributed by atoms with E-state index in [0.717, 1.165) is 25.7 Å². The van der Waals surface area contributed by atoms with E-state index in [9.17, 15) is 13.2 Å². The van der Waals surface area contributed by atoms with E-state index in [-0.39, 0.29) is 21.4 Å². The largest absolute Gasteiger partial charge is 0.383 e. The number of rotatable bonds is 6. The minimum absolute atomic E-state index is 0.00884. The number of nitrogens with one attached hydrogen (secondary N) is 1. The second kappa shape index (κ2) is 8.80. The molecule has 0 unspecified atom stereocenters. The molecule has 0 bridgehead atoms. The van der Waals surface area contributed by atoms with Gasteiger partial charge in [0.05, 0.1) is 11.6 Å². The van der Waals surface area contributed by atoms with Crippen molar-refractivity contribution >= 4 is 27.5 Å². The number of amides is 1. The maximum absolute atomic E-state index is 12.9. The molecule has 0 atom stereocenters. The van der Waals surface area contributed by atoms with Crippen LogP contribution in [0.2, 0.25) is 5.02 Å². The summed E-state index contributed by atoms with van der Waals surface area (Å²) in [7, 11) is -2.16. The van der Waals surface area contributed by atoms with Gasteiger partial charge in [0.1, 0.15) is 4.90 Å². The van der Waals surface area contributed by atoms with Crippen LogP contribution in [0.25, 0.3) is 0 Å². The maximum Gasteiger partial charge on any atom is 0.251 e. The third-order valence-electron chi connectivity index (χ3n) is 3.97. The highest BCUT2D eigenvalue weighted by Crippen LogP contribution is 2.27. The van der Waals surface area contributed by atoms with E-state index in [1.807, 2.05) is 0 Å². The van der Waals surface area contributed by atoms with E-state index in [1.54, 1.807) is 7.11 Å². The summed E-state index contributed by atoms with van der Waals surface area (Å²) in [4.78, 5) is 12.1. The molecule has 1 fully saturated rings. The van der Waals surface area contributed by atoms with Crippen LogP contribution in [0.15, 0.2) is 23.1 Å². The first-order chi connectivity index (χ1) is 11.5. The monoisotopic (exact) mass is 374 g/mol. The number of carbonyl (C=O) groups is 1. The zero-order chi connectivity index (χ0) is 17.6. The van der Waals surface area contributed by atoms with E-state index in [4.69, 9.17) is 16.3 Å². The number of sulfonamides is 1. The Hall–Kier alpha value is -1.15. The predicted molar refractivity (Wildman–Crippen MR) is 92.9 cm³/mol. The lowest BCUT2D eigenvalue weighted by Gasteiger charge is -2.21. The van der Waals surface area contributed by atoms with Gasteiger partial charge in [-0.05, 0) is 31.0 Å². The van der Waals surface area contributed by atoms with Crippen LogP contribution in [0.5, 0.6) is 0 Å². The summed E-state index contributed by atoms with van der Waals surface area (Å²) in [6, 6.07) is 4.33. The Morgan fingerprint density at radius 1 is 1.25 bits per heavy atom. The molecule has 1 heterocycles.